The third-order valence-electron chi connectivity index (χ3n) is 8.97. The number of halogens is 4. The summed E-state index contributed by atoms with van der Waals surface area (Å²) in [6.07, 6.45) is 4.40. The number of thiophene rings is 1. The van der Waals surface area contributed by atoms with Crippen LogP contribution >= 0.6 is 22.9 Å². The highest BCUT2D eigenvalue weighted by Gasteiger charge is 2.35. The maximum atomic E-state index is 16.1. The zero-order valence-electron chi connectivity index (χ0n) is 29.4. The summed E-state index contributed by atoms with van der Waals surface area (Å²) in [5, 5.41) is 12.9. The van der Waals surface area contributed by atoms with E-state index in [4.69, 9.17) is 32.5 Å². The molecule has 2 fully saturated rings. The van der Waals surface area contributed by atoms with E-state index >= 15 is 4.39 Å². The minimum atomic E-state index is -0.739. The second-order valence-electron chi connectivity index (χ2n) is 12.1. The van der Waals surface area contributed by atoms with Crippen molar-refractivity contribution >= 4 is 62.4 Å². The second-order valence-corrected chi connectivity index (χ2v) is 13.5. The largest absolute Gasteiger partial charge is 0.489 e. The number of hydrogen-bond acceptors (Lipinski definition) is 11. The fourth-order valence-corrected chi connectivity index (χ4v) is 7.87. The zero-order chi connectivity index (χ0) is 38.2. The van der Waals surface area contributed by atoms with Gasteiger partial charge < -0.3 is 30.7 Å². The number of amidine groups is 2. The molecule has 0 amide bonds. The number of anilines is 2. The van der Waals surface area contributed by atoms with E-state index in [0.29, 0.717) is 24.9 Å². The van der Waals surface area contributed by atoms with Gasteiger partial charge in [0, 0.05) is 55.6 Å². The molecule has 0 bridgehead atoms. The summed E-state index contributed by atoms with van der Waals surface area (Å²) in [7, 11) is 4.38. The van der Waals surface area contributed by atoms with Gasteiger partial charge in [-0.2, -0.15) is 10.3 Å². The average molecular weight is 770 g/mol. The number of benzene rings is 2. The number of pyridine rings is 1. The molecule has 2 aromatic carbocycles. The molecule has 4 aromatic rings. The van der Waals surface area contributed by atoms with E-state index in [1.54, 1.807) is 12.3 Å². The van der Waals surface area contributed by atoms with Crippen LogP contribution in [0.4, 0.5) is 24.0 Å². The molecule has 3 aliphatic rings. The predicted molar refractivity (Wildman–Crippen MR) is 203 cm³/mol. The van der Waals surface area contributed by atoms with Crippen molar-refractivity contribution in [2.75, 3.05) is 59.0 Å². The van der Waals surface area contributed by atoms with Crippen LogP contribution in [-0.4, -0.2) is 93.1 Å². The number of rotatable bonds is 4. The topological polar surface area (TPSA) is 160 Å². The monoisotopic (exact) mass is 769 g/mol. The van der Waals surface area contributed by atoms with E-state index in [0.717, 1.165) is 29.9 Å². The lowest BCUT2D eigenvalue weighted by Crippen LogP contribution is -2.34. The lowest BCUT2D eigenvalue weighted by atomic mass is 9.96. The van der Waals surface area contributed by atoms with Crippen molar-refractivity contribution in [3.63, 3.8) is 0 Å². The van der Waals surface area contributed by atoms with Crippen molar-refractivity contribution in [1.29, 1.82) is 5.26 Å². The SMILES string of the molecule is C=NOC.CN=C(/N=C1\c2cc(F)c(-c3ccc(F)c4sc(N)c(C#N)c34)c(Cl)c2OCCN1Cc1cccnc1N)OC.FC1CC2CCCN2C1. The molecule has 17 heteroatoms. The molecule has 280 valence electrons. The Kier molecular flexibility index (Phi) is 13.0. The van der Waals surface area contributed by atoms with Crippen LogP contribution in [0.3, 0.4) is 0 Å². The number of ether oxygens (including phenoxy) is 2. The Hall–Kier alpha value is -5.11. The number of methoxy groups -OCH3 is 1. The molecule has 0 spiro atoms. The van der Waals surface area contributed by atoms with Gasteiger partial charge in [-0.3, -0.25) is 4.90 Å². The van der Waals surface area contributed by atoms with Gasteiger partial charge in [-0.05, 0) is 49.6 Å². The Bertz CT molecular complexity index is 2060. The van der Waals surface area contributed by atoms with Gasteiger partial charge in [0.05, 0.1) is 34.5 Å². The van der Waals surface area contributed by atoms with Gasteiger partial charge in [-0.25, -0.2) is 23.1 Å². The maximum absolute atomic E-state index is 16.1. The van der Waals surface area contributed by atoms with E-state index in [9.17, 15) is 14.0 Å². The van der Waals surface area contributed by atoms with Crippen molar-refractivity contribution in [3.05, 3.63) is 69.9 Å². The van der Waals surface area contributed by atoms with Crippen molar-refractivity contribution in [1.82, 2.24) is 14.8 Å². The number of alkyl halides is 1. The third kappa shape index (κ3) is 8.43. The molecule has 3 aliphatic heterocycles. The molecule has 5 heterocycles. The van der Waals surface area contributed by atoms with Gasteiger partial charge in [0.1, 0.15) is 60.0 Å². The highest BCUT2D eigenvalue weighted by molar-refractivity contribution is 7.23. The van der Waals surface area contributed by atoms with Crippen LogP contribution in [0, 0.1) is 23.0 Å². The number of nitrogens with two attached hydrogens (primary N) is 2. The van der Waals surface area contributed by atoms with E-state index in [1.165, 1.54) is 52.3 Å². The number of aliphatic imine (C=N–C) groups is 2. The van der Waals surface area contributed by atoms with Crippen LogP contribution in [-0.2, 0) is 16.1 Å². The number of nitrogens with zero attached hydrogens (tertiary/aromatic N) is 7. The first-order chi connectivity index (χ1) is 25.6. The first-order valence-corrected chi connectivity index (χ1v) is 17.7. The molecule has 12 nitrogen and oxygen atoms in total. The summed E-state index contributed by atoms with van der Waals surface area (Å²) in [5.41, 5.74) is 13.2. The van der Waals surface area contributed by atoms with Crippen LogP contribution in [0.5, 0.6) is 5.75 Å². The van der Waals surface area contributed by atoms with Crippen LogP contribution in [0.2, 0.25) is 5.02 Å². The standard InChI is InChI=1S/C27H22ClF2N7O2S.C7H12FN.C2H5NO/c1-34-27(38-2)36-26-15-10-18(30)20(14-5-6-17(29)23-19(14)16(11-31)25(33)40-23)21(28)22(15)39-9-8-37(26)12-13-4-3-7-35-24(13)32;8-6-4-7-2-1-3-9(7)5-6;1-3-4-2/h3-7,10H,8-9,12,33H2,1-2H3,(H2,32,35);6-7H,1-5H2;1H2,2H3/b34-27?,36-26+;;. The molecule has 4 N–H and O–H groups in total. The average Bonchev–Trinajstić information content (AvgIpc) is 3.81. The van der Waals surface area contributed by atoms with Gasteiger partial charge >= 0.3 is 6.02 Å². The molecule has 7 rings (SSSR count). The maximum Gasteiger partial charge on any atom is 0.313 e. The van der Waals surface area contributed by atoms with Crippen LogP contribution in [0.1, 0.15) is 36.0 Å². The molecular weight excluding hydrogens is 731 g/mol. The molecule has 0 radical (unpaired) electrons. The fourth-order valence-electron chi connectivity index (χ4n) is 6.58. The predicted octanol–water partition coefficient (Wildman–Crippen LogP) is 6.65. The van der Waals surface area contributed by atoms with Crippen LogP contribution < -0.4 is 16.2 Å². The van der Waals surface area contributed by atoms with E-state index in [2.05, 4.69) is 36.6 Å². The van der Waals surface area contributed by atoms with Crippen molar-refractivity contribution in [3.8, 4) is 22.9 Å². The zero-order valence-corrected chi connectivity index (χ0v) is 31.0. The number of hydrogen-bond donors (Lipinski definition) is 2. The molecule has 0 saturated carbocycles. The van der Waals surface area contributed by atoms with Crippen molar-refractivity contribution < 1.29 is 27.5 Å². The van der Waals surface area contributed by atoms with Crippen LogP contribution in [0.15, 0.2) is 51.7 Å². The number of nitriles is 1. The second kappa shape index (κ2) is 17.6. The number of aromatic nitrogens is 1. The quantitative estimate of drug-likeness (QED) is 0.132. The first-order valence-electron chi connectivity index (χ1n) is 16.5. The lowest BCUT2D eigenvalue weighted by Gasteiger charge is -2.24. The summed E-state index contributed by atoms with van der Waals surface area (Å²) >= 11 is 7.76. The summed E-state index contributed by atoms with van der Waals surface area (Å²) in [5.74, 6) is -0.537. The highest BCUT2D eigenvalue weighted by Crippen LogP contribution is 2.47. The molecule has 2 saturated heterocycles. The summed E-state index contributed by atoms with van der Waals surface area (Å²) in [6.45, 7) is 5.64. The Morgan fingerprint density at radius 3 is 2.64 bits per heavy atom. The molecule has 2 aromatic heterocycles. The Morgan fingerprint density at radius 2 is 1.98 bits per heavy atom. The number of fused-ring (bicyclic) bond motifs is 3. The molecule has 53 heavy (non-hydrogen) atoms. The van der Waals surface area contributed by atoms with Gasteiger partial charge in [0.25, 0.3) is 0 Å². The lowest BCUT2D eigenvalue weighted by molar-refractivity contribution is 0.217. The first kappa shape index (κ1) is 39.1. The molecule has 2 unspecified atom stereocenters. The summed E-state index contributed by atoms with van der Waals surface area (Å²) in [6, 6.07) is 10.0. The highest BCUT2D eigenvalue weighted by atomic mass is 35.5. The van der Waals surface area contributed by atoms with Crippen LogP contribution in [0.25, 0.3) is 21.2 Å². The normalized spacial score (nSPS) is 18.8. The fraction of sp³-hybridized carbons (Fsp3) is 0.361. The molecular formula is C36H39ClF3N9O3S. The number of nitrogen functional groups attached to an aromatic ring is 2. The molecule has 2 atom stereocenters. The van der Waals surface area contributed by atoms with Gasteiger partial charge in [0.2, 0.25) is 0 Å². The van der Waals surface area contributed by atoms with Gasteiger partial charge in [-0.1, -0.05) is 23.7 Å². The third-order valence-corrected chi connectivity index (χ3v) is 10.4. The molecule has 0 aliphatic carbocycles. The van der Waals surface area contributed by atoms with E-state index < -0.39 is 17.8 Å². The summed E-state index contributed by atoms with van der Waals surface area (Å²) in [4.78, 5) is 20.9. The van der Waals surface area contributed by atoms with Gasteiger partial charge in [0.15, 0.2) is 0 Å². The Balaban J connectivity index is 0.000000349. The summed E-state index contributed by atoms with van der Waals surface area (Å²) < 4.78 is 54.8. The van der Waals surface area contributed by atoms with Gasteiger partial charge in [-0.15, -0.1) is 16.5 Å². The van der Waals surface area contributed by atoms with E-state index in [-0.39, 0.29) is 73.1 Å². The smallest absolute Gasteiger partial charge is 0.313 e. The van der Waals surface area contributed by atoms with Crippen molar-refractivity contribution in [2.45, 2.75) is 38.0 Å². The number of oxime groups is 1. The van der Waals surface area contributed by atoms with Crippen molar-refractivity contribution in [2.24, 2.45) is 15.1 Å². The minimum Gasteiger partial charge on any atom is -0.489 e. The Labute approximate surface area is 314 Å². The van der Waals surface area contributed by atoms with E-state index in [1.807, 2.05) is 17.0 Å². The minimum absolute atomic E-state index is 0.0419. The Morgan fingerprint density at radius 1 is 1.21 bits per heavy atom.